The van der Waals surface area contributed by atoms with Crippen LogP contribution in [0.1, 0.15) is 39.4 Å². The molecule has 33 heavy (non-hydrogen) atoms. The number of amides is 1. The third kappa shape index (κ3) is 6.37. The summed E-state index contributed by atoms with van der Waals surface area (Å²) in [5.41, 5.74) is 5.58. The molecule has 3 rings (SSSR count). The lowest BCUT2D eigenvalue weighted by molar-refractivity contribution is 0.0235. The van der Waals surface area contributed by atoms with Crippen molar-refractivity contribution in [2.24, 2.45) is 10.9 Å². The molecule has 0 bridgehead atoms. The van der Waals surface area contributed by atoms with Crippen LogP contribution in [0.25, 0.3) is 0 Å². The fraction of sp³-hybridized carbons (Fsp3) is 0.455. The number of aromatic nitrogens is 2. The van der Waals surface area contributed by atoms with Gasteiger partial charge in [0, 0.05) is 13.1 Å². The first-order valence-electron chi connectivity index (χ1n) is 10.6. The second kappa shape index (κ2) is 10.2. The third-order valence-electron chi connectivity index (χ3n) is 4.90. The number of hydrogen-bond acceptors (Lipinski definition) is 9. The zero-order chi connectivity index (χ0) is 24.0. The van der Waals surface area contributed by atoms with Gasteiger partial charge in [0.2, 0.25) is 17.5 Å². The summed E-state index contributed by atoms with van der Waals surface area (Å²) in [6.07, 6.45) is 2.88. The fourth-order valence-corrected chi connectivity index (χ4v) is 3.33. The van der Waals surface area contributed by atoms with Crippen molar-refractivity contribution in [2.75, 3.05) is 25.5 Å². The number of methoxy groups -OCH3 is 1. The fourth-order valence-electron chi connectivity index (χ4n) is 3.33. The van der Waals surface area contributed by atoms with Crippen LogP contribution in [0.4, 0.5) is 10.5 Å². The van der Waals surface area contributed by atoms with Gasteiger partial charge in [0.15, 0.2) is 0 Å². The predicted molar refractivity (Wildman–Crippen MR) is 122 cm³/mol. The van der Waals surface area contributed by atoms with Crippen LogP contribution in [-0.2, 0) is 4.74 Å². The molecular weight excluding hydrogens is 428 g/mol. The van der Waals surface area contributed by atoms with E-state index in [1.54, 1.807) is 36.3 Å². The number of nitrogens with zero attached hydrogens (tertiary/aromatic N) is 4. The number of benzene rings is 1. The molecule has 11 nitrogen and oxygen atoms in total. The molecule has 1 amide bonds. The Morgan fingerprint density at radius 3 is 2.64 bits per heavy atom. The smallest absolute Gasteiger partial charge is 0.410 e. The summed E-state index contributed by atoms with van der Waals surface area (Å²) in [6, 6.07) is 6.92. The van der Waals surface area contributed by atoms with Crippen LogP contribution >= 0.6 is 0 Å². The number of ether oxygens (including phenoxy) is 3. The SMILES string of the molecule is COc1ccc(Oc2nc(/C(N)=N/O)ncc2NC[C@@H]2CCCN2C(=O)OC(C)(C)C)cc1. The highest BCUT2D eigenvalue weighted by Gasteiger charge is 2.32. The van der Waals surface area contributed by atoms with E-state index in [1.807, 2.05) is 20.8 Å². The topological polar surface area (TPSA) is 144 Å². The molecule has 1 aromatic carbocycles. The van der Waals surface area contributed by atoms with Gasteiger partial charge in [-0.2, -0.15) is 4.98 Å². The maximum atomic E-state index is 12.6. The summed E-state index contributed by atoms with van der Waals surface area (Å²) in [7, 11) is 1.58. The van der Waals surface area contributed by atoms with Gasteiger partial charge in [-0.1, -0.05) is 5.16 Å². The molecule has 1 saturated heterocycles. The molecule has 178 valence electrons. The third-order valence-corrected chi connectivity index (χ3v) is 4.90. The molecule has 2 heterocycles. The lowest BCUT2D eigenvalue weighted by Crippen LogP contribution is -2.42. The first-order valence-corrected chi connectivity index (χ1v) is 10.6. The van der Waals surface area contributed by atoms with Crippen molar-refractivity contribution in [1.29, 1.82) is 0 Å². The van der Waals surface area contributed by atoms with Crippen molar-refractivity contribution in [3.8, 4) is 17.4 Å². The Balaban J connectivity index is 1.77. The van der Waals surface area contributed by atoms with Crippen LogP contribution in [0, 0.1) is 0 Å². The second-order valence-electron chi connectivity index (χ2n) is 8.53. The van der Waals surface area contributed by atoms with Gasteiger partial charge in [-0.3, -0.25) is 0 Å². The Bertz CT molecular complexity index is 990. The van der Waals surface area contributed by atoms with Crippen LogP contribution in [0.2, 0.25) is 0 Å². The predicted octanol–water partition coefficient (Wildman–Crippen LogP) is 3.18. The second-order valence-corrected chi connectivity index (χ2v) is 8.53. The molecule has 0 radical (unpaired) electrons. The van der Waals surface area contributed by atoms with E-state index >= 15 is 0 Å². The summed E-state index contributed by atoms with van der Waals surface area (Å²) in [5, 5.41) is 15.2. The minimum Gasteiger partial charge on any atom is -0.497 e. The molecule has 1 aliphatic rings. The number of carbonyl (C=O) groups is 1. The average Bonchev–Trinajstić information content (AvgIpc) is 3.26. The standard InChI is InChI=1S/C22H30N6O5/c1-22(2,3)33-21(29)28-11-5-6-14(28)12-24-17-13-25-19(18(23)27-30)26-20(17)32-16-9-7-15(31-4)8-10-16/h7-10,13-14,24,30H,5-6,11-12H2,1-4H3,(H2,23,27)/t14-/m0/s1. The van der Waals surface area contributed by atoms with Crippen molar-refractivity contribution in [2.45, 2.75) is 45.3 Å². The zero-order valence-electron chi connectivity index (χ0n) is 19.2. The van der Waals surface area contributed by atoms with Gasteiger partial charge < -0.3 is 35.4 Å². The first-order chi connectivity index (χ1) is 15.7. The molecule has 1 fully saturated rings. The highest BCUT2D eigenvalue weighted by atomic mass is 16.6. The van der Waals surface area contributed by atoms with Crippen LogP contribution in [0.15, 0.2) is 35.6 Å². The van der Waals surface area contributed by atoms with E-state index in [9.17, 15) is 4.79 Å². The van der Waals surface area contributed by atoms with Crippen LogP contribution in [-0.4, -0.2) is 63.8 Å². The van der Waals surface area contributed by atoms with E-state index in [4.69, 9.17) is 25.2 Å². The molecule has 4 N–H and O–H groups in total. The van der Waals surface area contributed by atoms with Gasteiger partial charge >= 0.3 is 6.09 Å². The number of carbonyl (C=O) groups excluding carboxylic acids is 1. The summed E-state index contributed by atoms with van der Waals surface area (Å²) in [6.45, 7) is 6.62. The van der Waals surface area contributed by atoms with Gasteiger partial charge in [-0.05, 0) is 57.9 Å². The maximum Gasteiger partial charge on any atom is 0.410 e. The number of nitrogens with two attached hydrogens (primary N) is 1. The Morgan fingerprint density at radius 1 is 1.30 bits per heavy atom. The molecule has 1 atom stereocenters. The summed E-state index contributed by atoms with van der Waals surface area (Å²) in [4.78, 5) is 22.7. The maximum absolute atomic E-state index is 12.6. The molecular formula is C22H30N6O5. The Labute approximate surface area is 192 Å². The van der Waals surface area contributed by atoms with Gasteiger partial charge in [0.1, 0.15) is 22.8 Å². The van der Waals surface area contributed by atoms with Gasteiger partial charge in [-0.25, -0.2) is 9.78 Å². The number of anilines is 1. The van der Waals surface area contributed by atoms with E-state index in [0.717, 1.165) is 12.8 Å². The molecule has 11 heteroatoms. The Kier molecular flexibility index (Phi) is 7.41. The highest BCUT2D eigenvalue weighted by Crippen LogP contribution is 2.29. The Morgan fingerprint density at radius 2 is 2.00 bits per heavy atom. The molecule has 0 spiro atoms. The number of hydrogen-bond donors (Lipinski definition) is 3. The van der Waals surface area contributed by atoms with Crippen molar-refractivity contribution in [3.05, 3.63) is 36.3 Å². The number of likely N-dealkylation sites (tertiary alicyclic amines) is 1. The Hall–Kier alpha value is -3.76. The minimum absolute atomic E-state index is 0.0165. The number of rotatable bonds is 7. The highest BCUT2D eigenvalue weighted by molar-refractivity contribution is 5.93. The monoisotopic (exact) mass is 458 g/mol. The van der Waals surface area contributed by atoms with Gasteiger partial charge in [0.25, 0.3) is 0 Å². The van der Waals surface area contributed by atoms with Crippen molar-refractivity contribution >= 4 is 17.6 Å². The summed E-state index contributed by atoms with van der Waals surface area (Å²) < 4.78 is 16.6. The van der Waals surface area contributed by atoms with Crippen LogP contribution in [0.3, 0.4) is 0 Å². The normalized spacial score (nSPS) is 16.4. The molecule has 2 aromatic rings. The van der Waals surface area contributed by atoms with E-state index in [2.05, 4.69) is 20.4 Å². The van der Waals surface area contributed by atoms with E-state index in [-0.39, 0.29) is 29.7 Å². The number of amidine groups is 1. The number of oxime groups is 1. The van der Waals surface area contributed by atoms with Gasteiger partial charge in [-0.15, -0.1) is 0 Å². The summed E-state index contributed by atoms with van der Waals surface area (Å²) >= 11 is 0. The number of nitrogens with one attached hydrogen (secondary N) is 1. The minimum atomic E-state index is -0.561. The molecule has 1 aromatic heterocycles. The lowest BCUT2D eigenvalue weighted by Gasteiger charge is -2.29. The molecule has 0 unspecified atom stereocenters. The molecule has 0 aliphatic carbocycles. The van der Waals surface area contributed by atoms with Crippen LogP contribution in [0.5, 0.6) is 17.4 Å². The quantitative estimate of drug-likeness (QED) is 0.246. The zero-order valence-corrected chi connectivity index (χ0v) is 19.2. The largest absolute Gasteiger partial charge is 0.497 e. The molecule has 1 aliphatic heterocycles. The van der Waals surface area contributed by atoms with E-state index < -0.39 is 5.60 Å². The van der Waals surface area contributed by atoms with Crippen molar-refractivity contribution in [3.63, 3.8) is 0 Å². The first kappa shape index (κ1) is 23.9. The van der Waals surface area contributed by atoms with E-state index in [0.29, 0.717) is 30.3 Å². The van der Waals surface area contributed by atoms with Crippen molar-refractivity contribution < 1.29 is 24.2 Å². The average molecular weight is 459 g/mol. The van der Waals surface area contributed by atoms with Crippen LogP contribution < -0.4 is 20.5 Å². The lowest BCUT2D eigenvalue weighted by atomic mass is 10.2. The van der Waals surface area contributed by atoms with E-state index in [1.165, 1.54) is 6.20 Å². The van der Waals surface area contributed by atoms with Gasteiger partial charge in [0.05, 0.1) is 19.3 Å². The summed E-state index contributed by atoms with van der Waals surface area (Å²) in [5.74, 6) is 1.16. The van der Waals surface area contributed by atoms with Crippen molar-refractivity contribution in [1.82, 2.24) is 14.9 Å². The molecule has 0 saturated carbocycles.